The van der Waals surface area contributed by atoms with Gasteiger partial charge < -0.3 is 0 Å². The first kappa shape index (κ1) is 9.39. The van der Waals surface area contributed by atoms with E-state index >= 15 is 0 Å². The van der Waals surface area contributed by atoms with Gasteiger partial charge in [-0.1, -0.05) is 32.4 Å². The van der Waals surface area contributed by atoms with Gasteiger partial charge >= 0.3 is 0 Å². The fraction of sp³-hybridized carbons (Fsp3) is 0.500. The maximum absolute atomic E-state index is 12.8. The summed E-state index contributed by atoms with van der Waals surface area (Å²) in [7, 11) is 0. The molecule has 0 aromatic carbocycles. The van der Waals surface area contributed by atoms with Gasteiger partial charge in [0, 0.05) is 5.56 Å². The van der Waals surface area contributed by atoms with Crippen molar-refractivity contribution in [2.45, 2.75) is 26.2 Å². The number of hydrogen-bond acceptors (Lipinski definition) is 2. The van der Waals surface area contributed by atoms with Gasteiger partial charge in [-0.05, 0) is 5.41 Å². The van der Waals surface area contributed by atoms with E-state index in [2.05, 4.69) is 10.2 Å². The van der Waals surface area contributed by atoms with Gasteiger partial charge in [0.15, 0.2) is 0 Å². The predicted octanol–water partition coefficient (Wildman–Crippen LogP) is 2.57. The average molecular weight is 189 g/mol. The third kappa shape index (κ3) is 1.72. The van der Waals surface area contributed by atoms with E-state index in [0.717, 1.165) is 0 Å². The number of nitrogens with zero attached hydrogens (tertiary/aromatic N) is 2. The maximum Gasteiger partial charge on any atom is 0.252 e. The van der Waals surface area contributed by atoms with E-state index < -0.39 is 5.95 Å². The lowest BCUT2D eigenvalue weighted by molar-refractivity contribution is 0.533. The predicted molar refractivity (Wildman–Crippen MR) is 45.7 cm³/mol. The van der Waals surface area contributed by atoms with Gasteiger partial charge in [0.05, 0.1) is 6.20 Å². The lowest BCUT2D eigenvalue weighted by Crippen LogP contribution is -2.13. The second kappa shape index (κ2) is 2.98. The summed E-state index contributed by atoms with van der Waals surface area (Å²) in [6.07, 6.45) is 1.49. The molecule has 0 unspecified atom stereocenters. The molecule has 0 atom stereocenters. The van der Waals surface area contributed by atoms with Crippen molar-refractivity contribution in [3.05, 3.63) is 22.7 Å². The summed E-state index contributed by atoms with van der Waals surface area (Å²) in [5.41, 5.74) is 0.477. The lowest BCUT2D eigenvalue weighted by atomic mass is 9.89. The second-order valence-electron chi connectivity index (χ2n) is 3.61. The Morgan fingerprint density at radius 2 is 2.00 bits per heavy atom. The molecule has 0 aliphatic rings. The van der Waals surface area contributed by atoms with Crippen LogP contribution in [-0.4, -0.2) is 10.2 Å². The van der Waals surface area contributed by atoms with Crippen LogP contribution in [0.15, 0.2) is 6.20 Å². The third-order valence-electron chi connectivity index (χ3n) is 1.56. The molecule has 0 N–H and O–H groups in total. The zero-order valence-electron chi connectivity index (χ0n) is 7.23. The van der Waals surface area contributed by atoms with Crippen molar-refractivity contribution in [2.24, 2.45) is 0 Å². The highest BCUT2D eigenvalue weighted by atomic mass is 35.5. The van der Waals surface area contributed by atoms with E-state index in [0.29, 0.717) is 5.56 Å². The molecule has 0 saturated carbocycles. The molecule has 1 aromatic rings. The zero-order chi connectivity index (χ0) is 9.35. The van der Waals surface area contributed by atoms with E-state index in [9.17, 15) is 4.39 Å². The van der Waals surface area contributed by atoms with Gasteiger partial charge in [-0.15, -0.1) is 5.10 Å². The topological polar surface area (TPSA) is 25.8 Å². The summed E-state index contributed by atoms with van der Waals surface area (Å²) in [6, 6.07) is 0. The first-order valence-corrected chi connectivity index (χ1v) is 3.98. The van der Waals surface area contributed by atoms with Crippen LogP contribution in [0, 0.1) is 5.95 Å². The molecule has 0 fully saturated rings. The van der Waals surface area contributed by atoms with Crippen molar-refractivity contribution in [3.63, 3.8) is 0 Å². The highest BCUT2D eigenvalue weighted by molar-refractivity contribution is 6.31. The molecular weight excluding hydrogens is 179 g/mol. The summed E-state index contributed by atoms with van der Waals surface area (Å²) in [6.45, 7) is 5.82. The Labute approximate surface area is 75.8 Å². The molecule has 0 aliphatic carbocycles. The quantitative estimate of drug-likeness (QED) is 0.626. The van der Waals surface area contributed by atoms with E-state index in [1.165, 1.54) is 6.20 Å². The number of hydrogen-bond donors (Lipinski definition) is 0. The van der Waals surface area contributed by atoms with Crippen molar-refractivity contribution >= 4 is 11.6 Å². The Bertz CT molecular complexity index is 294. The summed E-state index contributed by atoms with van der Waals surface area (Å²) >= 11 is 5.70. The fourth-order valence-electron chi connectivity index (χ4n) is 0.872. The molecule has 1 rings (SSSR count). The Balaban J connectivity index is 3.26. The van der Waals surface area contributed by atoms with Gasteiger partial charge in [0.1, 0.15) is 5.02 Å². The van der Waals surface area contributed by atoms with E-state index in [4.69, 9.17) is 11.6 Å². The smallest absolute Gasteiger partial charge is 0.181 e. The van der Waals surface area contributed by atoms with Crippen LogP contribution < -0.4 is 0 Å². The van der Waals surface area contributed by atoms with Gasteiger partial charge in [0.25, 0.3) is 5.95 Å². The van der Waals surface area contributed by atoms with Crippen molar-refractivity contribution in [3.8, 4) is 0 Å². The SMILES string of the molecule is CC(C)(C)c1cnnc(F)c1Cl. The van der Waals surface area contributed by atoms with Gasteiger partial charge in [0.2, 0.25) is 0 Å². The molecule has 4 heteroatoms. The Morgan fingerprint density at radius 3 is 2.42 bits per heavy atom. The molecule has 0 amide bonds. The minimum Gasteiger partial charge on any atom is -0.181 e. The largest absolute Gasteiger partial charge is 0.252 e. The molecule has 0 aliphatic heterocycles. The number of rotatable bonds is 0. The fourth-order valence-corrected chi connectivity index (χ4v) is 1.24. The first-order valence-electron chi connectivity index (χ1n) is 3.60. The lowest BCUT2D eigenvalue weighted by Gasteiger charge is -2.19. The Kier molecular flexibility index (Phi) is 2.33. The van der Waals surface area contributed by atoms with Crippen LogP contribution in [-0.2, 0) is 5.41 Å². The van der Waals surface area contributed by atoms with E-state index in [1.807, 2.05) is 20.8 Å². The average Bonchev–Trinajstić information content (AvgIpc) is 1.92. The summed E-state index contributed by atoms with van der Waals surface area (Å²) in [5.74, 6) is -0.705. The highest BCUT2D eigenvalue weighted by Crippen LogP contribution is 2.28. The maximum atomic E-state index is 12.8. The highest BCUT2D eigenvalue weighted by Gasteiger charge is 2.20. The minimum absolute atomic E-state index is 0.0671. The molecule has 1 heterocycles. The number of halogens is 2. The molecule has 1 aromatic heterocycles. The zero-order valence-corrected chi connectivity index (χ0v) is 7.98. The third-order valence-corrected chi connectivity index (χ3v) is 1.92. The summed E-state index contributed by atoms with van der Waals surface area (Å²) < 4.78 is 12.8. The van der Waals surface area contributed by atoms with Gasteiger partial charge in [-0.25, -0.2) is 0 Å². The van der Waals surface area contributed by atoms with Crippen molar-refractivity contribution < 1.29 is 4.39 Å². The van der Waals surface area contributed by atoms with Crippen LogP contribution in [0.3, 0.4) is 0 Å². The molecule has 0 bridgehead atoms. The van der Waals surface area contributed by atoms with Crippen LogP contribution >= 0.6 is 11.6 Å². The molecular formula is C8H10ClFN2. The molecule has 66 valence electrons. The Hall–Kier alpha value is -0.700. The molecule has 2 nitrogen and oxygen atoms in total. The van der Waals surface area contributed by atoms with E-state index in [1.54, 1.807) is 0 Å². The first-order chi connectivity index (χ1) is 5.43. The summed E-state index contributed by atoms with van der Waals surface area (Å²) in [4.78, 5) is 0. The molecule has 12 heavy (non-hydrogen) atoms. The van der Waals surface area contributed by atoms with Crippen molar-refractivity contribution in [1.29, 1.82) is 0 Å². The van der Waals surface area contributed by atoms with Crippen molar-refractivity contribution in [2.75, 3.05) is 0 Å². The minimum atomic E-state index is -0.705. The van der Waals surface area contributed by atoms with Crippen LogP contribution in [0.4, 0.5) is 4.39 Å². The second-order valence-corrected chi connectivity index (χ2v) is 3.99. The van der Waals surface area contributed by atoms with E-state index in [-0.39, 0.29) is 10.4 Å². The molecule has 0 saturated heterocycles. The Morgan fingerprint density at radius 1 is 1.42 bits per heavy atom. The van der Waals surface area contributed by atoms with Crippen LogP contribution in [0.2, 0.25) is 5.02 Å². The summed E-state index contributed by atoms with van der Waals surface area (Å²) in [5, 5.41) is 6.77. The van der Waals surface area contributed by atoms with Crippen molar-refractivity contribution in [1.82, 2.24) is 10.2 Å². The van der Waals surface area contributed by atoms with Gasteiger partial charge in [-0.2, -0.15) is 9.49 Å². The molecule has 0 radical (unpaired) electrons. The normalized spacial score (nSPS) is 11.8. The number of aromatic nitrogens is 2. The van der Waals surface area contributed by atoms with Crippen LogP contribution in [0.5, 0.6) is 0 Å². The van der Waals surface area contributed by atoms with Crippen LogP contribution in [0.1, 0.15) is 26.3 Å². The monoisotopic (exact) mass is 188 g/mol. The van der Waals surface area contributed by atoms with Gasteiger partial charge in [-0.3, -0.25) is 0 Å². The van der Waals surface area contributed by atoms with Crippen LogP contribution in [0.25, 0.3) is 0 Å². The standard InChI is InChI=1S/C8H10ClFN2/c1-8(2,3)5-4-11-12-7(10)6(5)9/h4H,1-3H3. The molecule has 0 spiro atoms.